The Labute approximate surface area is 308 Å². The van der Waals surface area contributed by atoms with Crippen LogP contribution in [0.15, 0.2) is 206 Å². The summed E-state index contributed by atoms with van der Waals surface area (Å²) < 4.78 is 30.7. The van der Waals surface area contributed by atoms with Crippen LogP contribution < -0.4 is 25.6 Å². The van der Waals surface area contributed by atoms with Crippen LogP contribution in [0.25, 0.3) is 27.5 Å². The number of rotatable bonds is 8. The van der Waals surface area contributed by atoms with E-state index in [2.05, 4.69) is 156 Å². The van der Waals surface area contributed by atoms with Crippen LogP contribution in [0.4, 0.5) is 25.8 Å². The molecule has 254 valence electrons. The fraction of sp³-hybridized carbons (Fsp3) is 0. The van der Waals surface area contributed by atoms with Crippen molar-refractivity contribution in [2.24, 2.45) is 0 Å². The SMILES string of the molecule is Fc1ccc(N(c2ccc(F)cc2)c2ccc3c(c2)c2cc([Si](c4ccccc4)(c4ccccc4)c4ccccc4)ccc2n3-c2ccccc2)cc1. The van der Waals surface area contributed by atoms with E-state index in [0.29, 0.717) is 0 Å². The molecule has 0 N–H and O–H groups in total. The summed E-state index contributed by atoms with van der Waals surface area (Å²) in [5, 5.41) is 7.41. The van der Waals surface area contributed by atoms with E-state index in [-0.39, 0.29) is 11.6 Å². The fourth-order valence-corrected chi connectivity index (χ4v) is 12.7. The minimum Gasteiger partial charge on any atom is -0.310 e. The second kappa shape index (κ2) is 13.5. The van der Waals surface area contributed by atoms with Crippen LogP contribution in [-0.2, 0) is 0 Å². The van der Waals surface area contributed by atoms with Gasteiger partial charge in [0.2, 0.25) is 0 Å². The average molecular weight is 705 g/mol. The van der Waals surface area contributed by atoms with Crippen molar-refractivity contribution in [1.29, 1.82) is 0 Å². The molecule has 0 aliphatic heterocycles. The van der Waals surface area contributed by atoms with Gasteiger partial charge < -0.3 is 9.47 Å². The first-order valence-electron chi connectivity index (χ1n) is 17.7. The molecule has 0 aliphatic rings. The number of hydrogen-bond donors (Lipinski definition) is 0. The van der Waals surface area contributed by atoms with Gasteiger partial charge in [0.05, 0.1) is 11.0 Å². The zero-order valence-corrected chi connectivity index (χ0v) is 29.8. The molecule has 0 radical (unpaired) electrons. The smallest absolute Gasteiger partial charge is 0.179 e. The molecule has 8 aromatic carbocycles. The molecule has 0 bridgehead atoms. The minimum absolute atomic E-state index is 0.315. The maximum Gasteiger partial charge on any atom is 0.179 e. The van der Waals surface area contributed by atoms with Gasteiger partial charge in [-0.3, -0.25) is 0 Å². The summed E-state index contributed by atoms with van der Waals surface area (Å²) in [6.45, 7) is 0. The van der Waals surface area contributed by atoms with Gasteiger partial charge in [0, 0.05) is 33.5 Å². The van der Waals surface area contributed by atoms with Gasteiger partial charge >= 0.3 is 0 Å². The molecule has 9 rings (SSSR count). The number of aromatic nitrogens is 1. The summed E-state index contributed by atoms with van der Waals surface area (Å²) in [7, 11) is -2.82. The van der Waals surface area contributed by atoms with E-state index >= 15 is 0 Å². The molecule has 0 aliphatic carbocycles. The predicted molar refractivity (Wildman–Crippen MR) is 219 cm³/mol. The average Bonchev–Trinajstić information content (AvgIpc) is 3.54. The lowest BCUT2D eigenvalue weighted by Crippen LogP contribution is -2.74. The number of halogens is 2. The van der Waals surface area contributed by atoms with Crippen LogP contribution in [0.1, 0.15) is 0 Å². The molecule has 5 heteroatoms. The van der Waals surface area contributed by atoms with Gasteiger partial charge in [-0.15, -0.1) is 0 Å². The molecule has 0 atom stereocenters. The van der Waals surface area contributed by atoms with E-state index in [1.165, 1.54) is 45.0 Å². The topological polar surface area (TPSA) is 8.17 Å². The zero-order valence-electron chi connectivity index (χ0n) is 28.8. The highest BCUT2D eigenvalue weighted by atomic mass is 28.3. The molecule has 2 nitrogen and oxygen atoms in total. The Bertz CT molecular complexity index is 2520. The summed E-state index contributed by atoms with van der Waals surface area (Å²) in [4.78, 5) is 2.05. The van der Waals surface area contributed by atoms with Gasteiger partial charge in [-0.1, -0.05) is 121 Å². The second-order valence-corrected chi connectivity index (χ2v) is 17.1. The van der Waals surface area contributed by atoms with Crippen molar-refractivity contribution in [3.8, 4) is 5.69 Å². The predicted octanol–water partition coefficient (Wildman–Crippen LogP) is 9.91. The maximum atomic E-state index is 14.2. The van der Waals surface area contributed by atoms with Gasteiger partial charge in [-0.05, 0) is 106 Å². The quantitative estimate of drug-likeness (QED) is 0.113. The number of benzene rings is 8. The van der Waals surface area contributed by atoms with Crippen molar-refractivity contribution in [3.05, 3.63) is 218 Å². The summed E-state index contributed by atoms with van der Waals surface area (Å²) in [5.41, 5.74) is 5.66. The first kappa shape index (κ1) is 32.4. The highest BCUT2D eigenvalue weighted by molar-refractivity contribution is 7.20. The van der Waals surface area contributed by atoms with Crippen molar-refractivity contribution in [3.63, 3.8) is 0 Å². The fourth-order valence-electron chi connectivity index (χ4n) is 7.93. The Morgan fingerprint density at radius 2 is 0.755 bits per heavy atom. The van der Waals surface area contributed by atoms with Crippen LogP contribution >= 0.6 is 0 Å². The van der Waals surface area contributed by atoms with E-state index in [9.17, 15) is 8.78 Å². The number of para-hydroxylation sites is 1. The highest BCUT2D eigenvalue weighted by Crippen LogP contribution is 2.39. The second-order valence-electron chi connectivity index (χ2n) is 13.2. The Morgan fingerprint density at radius 3 is 1.23 bits per heavy atom. The van der Waals surface area contributed by atoms with Gasteiger partial charge in [0.15, 0.2) is 8.07 Å². The van der Waals surface area contributed by atoms with E-state index < -0.39 is 8.07 Å². The maximum absolute atomic E-state index is 14.2. The highest BCUT2D eigenvalue weighted by Gasteiger charge is 2.41. The molecule has 0 saturated heterocycles. The van der Waals surface area contributed by atoms with Crippen molar-refractivity contribution in [2.75, 3.05) is 4.90 Å². The molecule has 9 aromatic rings. The molecule has 1 heterocycles. The number of nitrogens with zero attached hydrogens (tertiary/aromatic N) is 2. The largest absolute Gasteiger partial charge is 0.310 e. The molecule has 1 aromatic heterocycles. The Morgan fingerprint density at radius 1 is 0.358 bits per heavy atom. The zero-order chi connectivity index (χ0) is 35.8. The normalized spacial score (nSPS) is 11.6. The molecule has 0 spiro atoms. The Hall–Kier alpha value is -6.56. The molecular formula is C48H34F2N2Si. The first-order chi connectivity index (χ1) is 26.1. The summed E-state index contributed by atoms with van der Waals surface area (Å²) in [6.07, 6.45) is 0. The molecular weight excluding hydrogens is 671 g/mol. The Balaban J connectivity index is 1.36. The lowest BCUT2D eigenvalue weighted by molar-refractivity contribution is 0.628. The summed E-state index contributed by atoms with van der Waals surface area (Å²) in [5.74, 6) is -0.630. The lowest BCUT2D eigenvalue weighted by Gasteiger charge is -2.34. The summed E-state index contributed by atoms with van der Waals surface area (Å²) in [6, 6.07) is 69.7. The van der Waals surface area contributed by atoms with Crippen molar-refractivity contribution in [2.45, 2.75) is 0 Å². The van der Waals surface area contributed by atoms with Crippen LogP contribution in [0.5, 0.6) is 0 Å². The van der Waals surface area contributed by atoms with Crippen molar-refractivity contribution in [1.82, 2.24) is 4.57 Å². The van der Waals surface area contributed by atoms with Crippen LogP contribution in [-0.4, -0.2) is 12.6 Å². The third-order valence-electron chi connectivity index (χ3n) is 10.2. The van der Waals surface area contributed by atoms with Gasteiger partial charge in [0.1, 0.15) is 11.6 Å². The van der Waals surface area contributed by atoms with E-state index in [1.54, 1.807) is 24.3 Å². The van der Waals surface area contributed by atoms with E-state index in [1.807, 2.05) is 11.0 Å². The van der Waals surface area contributed by atoms with Crippen LogP contribution in [0.2, 0.25) is 0 Å². The van der Waals surface area contributed by atoms with Crippen molar-refractivity contribution < 1.29 is 8.78 Å². The first-order valence-corrected chi connectivity index (χ1v) is 19.7. The van der Waals surface area contributed by atoms with E-state index in [0.717, 1.165) is 44.6 Å². The van der Waals surface area contributed by atoms with Crippen LogP contribution in [0, 0.1) is 11.6 Å². The molecule has 53 heavy (non-hydrogen) atoms. The van der Waals surface area contributed by atoms with Crippen LogP contribution in [0.3, 0.4) is 0 Å². The van der Waals surface area contributed by atoms with Gasteiger partial charge in [-0.2, -0.15) is 0 Å². The van der Waals surface area contributed by atoms with Gasteiger partial charge in [-0.25, -0.2) is 8.78 Å². The molecule has 0 saturated carbocycles. The Kier molecular flexibility index (Phi) is 8.26. The van der Waals surface area contributed by atoms with Gasteiger partial charge in [0.25, 0.3) is 0 Å². The number of fused-ring (bicyclic) bond motifs is 3. The monoisotopic (exact) mass is 704 g/mol. The standard InChI is InChI=1S/C48H34F2N2Si/c49-35-21-25-38(26-22-35)51(39-27-23-36(50)24-28-39)40-29-31-47-45(33-40)46-34-44(30-32-48(46)52(47)37-13-5-1-6-14-37)53(41-15-7-2-8-16-41,42-17-9-3-10-18-42)43-19-11-4-12-20-43/h1-34H. The third-order valence-corrected chi connectivity index (χ3v) is 15.0. The number of hydrogen-bond acceptors (Lipinski definition) is 1. The third kappa shape index (κ3) is 5.63. The number of anilines is 3. The van der Waals surface area contributed by atoms with E-state index in [4.69, 9.17) is 0 Å². The minimum atomic E-state index is -2.82. The lowest BCUT2D eigenvalue weighted by atomic mass is 10.1. The molecule has 0 amide bonds. The molecule has 0 unspecified atom stereocenters. The molecule has 0 fully saturated rings. The van der Waals surface area contributed by atoms with Crippen molar-refractivity contribution >= 4 is 67.7 Å². The summed E-state index contributed by atoms with van der Waals surface area (Å²) >= 11 is 0.